The van der Waals surface area contributed by atoms with Crippen LogP contribution in [0.4, 0.5) is 4.39 Å². The van der Waals surface area contributed by atoms with Crippen LogP contribution in [0, 0.1) is 11.7 Å². The van der Waals surface area contributed by atoms with Crippen LogP contribution < -0.4 is 10.1 Å². The third-order valence-electron chi connectivity index (χ3n) is 5.00. The van der Waals surface area contributed by atoms with E-state index in [2.05, 4.69) is 10.2 Å². The molecule has 2 aromatic rings. The number of hydrogen-bond donors (Lipinski definition) is 1. The van der Waals surface area contributed by atoms with Gasteiger partial charge in [0.2, 0.25) is 5.91 Å². The van der Waals surface area contributed by atoms with E-state index in [4.69, 9.17) is 16.3 Å². The molecule has 0 saturated carbocycles. The van der Waals surface area contributed by atoms with Gasteiger partial charge in [0.05, 0.1) is 7.11 Å². The lowest BCUT2D eigenvalue weighted by atomic mass is 9.95. The first-order valence-corrected chi connectivity index (χ1v) is 9.50. The number of carbonyl (C=O) groups is 1. The molecule has 27 heavy (non-hydrogen) atoms. The molecule has 1 saturated heterocycles. The number of rotatable bonds is 6. The van der Waals surface area contributed by atoms with Crippen molar-refractivity contribution in [2.24, 2.45) is 5.92 Å². The molecule has 0 aliphatic carbocycles. The zero-order chi connectivity index (χ0) is 19.2. The smallest absolute Gasteiger partial charge is 0.223 e. The molecule has 0 unspecified atom stereocenters. The average molecular weight is 391 g/mol. The summed E-state index contributed by atoms with van der Waals surface area (Å²) >= 11 is 6.11. The predicted molar refractivity (Wildman–Crippen MR) is 104 cm³/mol. The number of halogens is 2. The minimum Gasteiger partial charge on any atom is -0.497 e. The van der Waals surface area contributed by atoms with Crippen LogP contribution in [0.15, 0.2) is 42.5 Å². The highest BCUT2D eigenvalue weighted by Crippen LogP contribution is 2.24. The van der Waals surface area contributed by atoms with Crippen molar-refractivity contribution in [2.45, 2.75) is 25.9 Å². The summed E-state index contributed by atoms with van der Waals surface area (Å²) < 4.78 is 19.1. The van der Waals surface area contributed by atoms with Gasteiger partial charge in [0.25, 0.3) is 0 Å². The molecule has 0 spiro atoms. The standard InChI is InChI=1S/C21H24ClFN2O2/c1-27-17-5-2-4-15(12-17)13-24-21(26)16-8-10-25(11-9-16)14-18-19(22)6-3-7-20(18)23/h2-7,12,16H,8-11,13-14H2,1H3,(H,24,26). The Bertz CT molecular complexity index is 771. The third kappa shape index (κ3) is 5.21. The van der Waals surface area contributed by atoms with Gasteiger partial charge >= 0.3 is 0 Å². The van der Waals surface area contributed by atoms with Crippen LogP contribution in [0.5, 0.6) is 5.75 Å². The van der Waals surface area contributed by atoms with Crippen LogP contribution in [-0.4, -0.2) is 31.0 Å². The summed E-state index contributed by atoms with van der Waals surface area (Å²) in [5.74, 6) is 0.562. The van der Waals surface area contributed by atoms with Gasteiger partial charge in [-0.3, -0.25) is 9.69 Å². The summed E-state index contributed by atoms with van der Waals surface area (Å²) in [5.41, 5.74) is 1.54. The number of ether oxygens (including phenoxy) is 1. The van der Waals surface area contributed by atoms with Crippen LogP contribution in [0.1, 0.15) is 24.0 Å². The topological polar surface area (TPSA) is 41.6 Å². The molecule has 1 amide bonds. The number of likely N-dealkylation sites (tertiary alicyclic amines) is 1. The van der Waals surface area contributed by atoms with Crippen molar-refractivity contribution in [2.75, 3.05) is 20.2 Å². The summed E-state index contributed by atoms with van der Waals surface area (Å²) in [7, 11) is 1.62. The third-order valence-corrected chi connectivity index (χ3v) is 5.36. The quantitative estimate of drug-likeness (QED) is 0.810. The van der Waals surface area contributed by atoms with Gasteiger partial charge in [0, 0.05) is 29.6 Å². The van der Waals surface area contributed by atoms with Gasteiger partial charge in [-0.25, -0.2) is 4.39 Å². The highest BCUT2D eigenvalue weighted by atomic mass is 35.5. The first-order valence-electron chi connectivity index (χ1n) is 9.12. The van der Waals surface area contributed by atoms with Gasteiger partial charge in [-0.05, 0) is 55.8 Å². The molecule has 1 N–H and O–H groups in total. The van der Waals surface area contributed by atoms with Crippen molar-refractivity contribution in [3.63, 3.8) is 0 Å². The Morgan fingerprint density at radius 1 is 1.26 bits per heavy atom. The largest absolute Gasteiger partial charge is 0.497 e. The molecule has 144 valence electrons. The number of methoxy groups -OCH3 is 1. The SMILES string of the molecule is COc1cccc(CNC(=O)C2CCN(Cc3c(F)cccc3Cl)CC2)c1. The monoisotopic (exact) mass is 390 g/mol. The van der Waals surface area contributed by atoms with E-state index in [1.165, 1.54) is 6.07 Å². The molecule has 3 rings (SSSR count). The Morgan fingerprint density at radius 2 is 2.00 bits per heavy atom. The van der Waals surface area contributed by atoms with Crippen LogP contribution in [0.2, 0.25) is 5.02 Å². The highest BCUT2D eigenvalue weighted by Gasteiger charge is 2.25. The summed E-state index contributed by atoms with van der Waals surface area (Å²) in [6.45, 7) is 2.47. The molecule has 0 aromatic heterocycles. The molecule has 2 aromatic carbocycles. The summed E-state index contributed by atoms with van der Waals surface area (Å²) in [6.07, 6.45) is 1.52. The lowest BCUT2D eigenvalue weighted by Gasteiger charge is -2.31. The average Bonchev–Trinajstić information content (AvgIpc) is 2.69. The zero-order valence-electron chi connectivity index (χ0n) is 15.4. The number of benzene rings is 2. The van der Waals surface area contributed by atoms with Crippen LogP contribution in [0.3, 0.4) is 0 Å². The Labute approximate surface area is 164 Å². The number of piperidine rings is 1. The first-order chi connectivity index (χ1) is 13.1. The molecule has 1 aliphatic rings. The summed E-state index contributed by atoms with van der Waals surface area (Å²) in [6, 6.07) is 12.4. The van der Waals surface area contributed by atoms with Crippen molar-refractivity contribution in [3.8, 4) is 5.75 Å². The molecule has 0 bridgehead atoms. The number of hydrogen-bond acceptors (Lipinski definition) is 3. The van der Waals surface area contributed by atoms with Crippen LogP contribution in [0.25, 0.3) is 0 Å². The normalized spacial score (nSPS) is 15.5. The van der Waals surface area contributed by atoms with E-state index in [9.17, 15) is 9.18 Å². The molecule has 1 heterocycles. The number of nitrogens with one attached hydrogen (secondary N) is 1. The number of nitrogens with zero attached hydrogens (tertiary/aromatic N) is 1. The van der Waals surface area contributed by atoms with E-state index in [1.54, 1.807) is 19.2 Å². The van der Waals surface area contributed by atoms with Crippen molar-refractivity contribution < 1.29 is 13.9 Å². The fourth-order valence-electron chi connectivity index (χ4n) is 3.38. The van der Waals surface area contributed by atoms with Crippen molar-refractivity contribution >= 4 is 17.5 Å². The second-order valence-corrected chi connectivity index (χ2v) is 7.23. The van der Waals surface area contributed by atoms with Gasteiger partial charge in [0.1, 0.15) is 11.6 Å². The summed E-state index contributed by atoms with van der Waals surface area (Å²) in [5, 5.41) is 3.46. The number of carbonyl (C=O) groups excluding carboxylic acids is 1. The Morgan fingerprint density at radius 3 is 2.70 bits per heavy atom. The molecule has 0 radical (unpaired) electrons. The minimum absolute atomic E-state index is 0.0112. The molecule has 4 nitrogen and oxygen atoms in total. The molecular formula is C21H24ClFN2O2. The van der Waals surface area contributed by atoms with Gasteiger partial charge in [-0.1, -0.05) is 29.8 Å². The molecular weight excluding hydrogens is 367 g/mol. The maximum absolute atomic E-state index is 13.9. The van der Waals surface area contributed by atoms with Crippen LogP contribution in [-0.2, 0) is 17.9 Å². The van der Waals surface area contributed by atoms with E-state index in [0.29, 0.717) is 23.7 Å². The molecule has 1 fully saturated rings. The molecule has 1 aliphatic heterocycles. The maximum atomic E-state index is 13.9. The van der Waals surface area contributed by atoms with E-state index in [-0.39, 0.29) is 17.6 Å². The second-order valence-electron chi connectivity index (χ2n) is 6.82. The lowest BCUT2D eigenvalue weighted by molar-refractivity contribution is -0.126. The van der Waals surface area contributed by atoms with Crippen molar-refractivity contribution in [1.29, 1.82) is 0 Å². The Kier molecular flexibility index (Phi) is 6.69. The van der Waals surface area contributed by atoms with E-state index < -0.39 is 0 Å². The van der Waals surface area contributed by atoms with Gasteiger partial charge in [-0.2, -0.15) is 0 Å². The van der Waals surface area contributed by atoms with Gasteiger partial charge in [-0.15, -0.1) is 0 Å². The predicted octanol–water partition coefficient (Wildman–Crippen LogP) is 4.02. The van der Waals surface area contributed by atoms with Crippen molar-refractivity contribution in [3.05, 3.63) is 64.4 Å². The van der Waals surface area contributed by atoms with Gasteiger partial charge in [0.15, 0.2) is 0 Å². The maximum Gasteiger partial charge on any atom is 0.223 e. The Hall–Kier alpha value is -2.11. The fourth-order valence-corrected chi connectivity index (χ4v) is 3.60. The fraction of sp³-hybridized carbons (Fsp3) is 0.381. The lowest BCUT2D eigenvalue weighted by Crippen LogP contribution is -2.40. The van der Waals surface area contributed by atoms with Crippen molar-refractivity contribution in [1.82, 2.24) is 10.2 Å². The minimum atomic E-state index is -0.277. The van der Waals surface area contributed by atoms with Crippen LogP contribution >= 0.6 is 11.6 Å². The second kappa shape index (κ2) is 9.20. The molecule has 6 heteroatoms. The number of amides is 1. The zero-order valence-corrected chi connectivity index (χ0v) is 16.1. The first kappa shape index (κ1) is 19.6. The summed E-state index contributed by atoms with van der Waals surface area (Å²) in [4.78, 5) is 14.6. The van der Waals surface area contributed by atoms with E-state index in [0.717, 1.165) is 37.2 Å². The Balaban J connectivity index is 1.47. The van der Waals surface area contributed by atoms with E-state index >= 15 is 0 Å². The molecule has 0 atom stereocenters. The highest BCUT2D eigenvalue weighted by molar-refractivity contribution is 6.31. The van der Waals surface area contributed by atoms with Gasteiger partial charge < -0.3 is 10.1 Å². The van der Waals surface area contributed by atoms with E-state index in [1.807, 2.05) is 24.3 Å².